The zero-order chi connectivity index (χ0) is 19.0. The van der Waals surface area contributed by atoms with Crippen LogP contribution in [-0.2, 0) is 22.6 Å². The van der Waals surface area contributed by atoms with Gasteiger partial charge in [-0.15, -0.1) is 0 Å². The van der Waals surface area contributed by atoms with E-state index in [-0.39, 0.29) is 12.0 Å². The molecular weight excluding hydrogens is 349 g/mol. The number of carboxylic acids is 1. The number of aliphatic carboxylic acids is 1. The van der Waals surface area contributed by atoms with Crippen LogP contribution in [0, 0.1) is 11.2 Å². The summed E-state index contributed by atoms with van der Waals surface area (Å²) in [4.78, 5) is 24.2. The largest absolute Gasteiger partial charge is 0.480 e. The van der Waals surface area contributed by atoms with E-state index in [1.54, 1.807) is 6.07 Å². The van der Waals surface area contributed by atoms with Gasteiger partial charge in [0, 0.05) is 5.92 Å². The molecule has 2 aliphatic rings. The number of alkyl carbamates (subject to hydrolysis) is 1. The number of amides is 1. The number of ether oxygens (including phenoxy) is 1. The molecule has 140 valence electrons. The highest BCUT2D eigenvalue weighted by Crippen LogP contribution is 2.64. The first-order valence-electron chi connectivity index (χ1n) is 8.97. The van der Waals surface area contributed by atoms with Crippen molar-refractivity contribution >= 4 is 12.1 Å². The number of benzene rings is 2. The number of rotatable bonds is 5. The summed E-state index contributed by atoms with van der Waals surface area (Å²) in [5.74, 6) is -1.99. The maximum Gasteiger partial charge on any atom is 0.408 e. The molecule has 0 radical (unpaired) electrons. The van der Waals surface area contributed by atoms with Gasteiger partial charge in [0.05, 0.1) is 0 Å². The smallest absolute Gasteiger partial charge is 0.408 e. The average molecular weight is 369 g/mol. The van der Waals surface area contributed by atoms with Crippen LogP contribution in [0.15, 0.2) is 48.5 Å². The number of halogens is 1. The Morgan fingerprint density at radius 1 is 1.22 bits per heavy atom. The fourth-order valence-corrected chi connectivity index (χ4v) is 4.20. The van der Waals surface area contributed by atoms with Crippen LogP contribution < -0.4 is 5.32 Å². The van der Waals surface area contributed by atoms with Crippen molar-refractivity contribution in [3.63, 3.8) is 0 Å². The van der Waals surface area contributed by atoms with Crippen LogP contribution in [0.5, 0.6) is 0 Å². The van der Waals surface area contributed by atoms with Crippen LogP contribution >= 0.6 is 0 Å². The Kier molecular flexibility index (Phi) is 4.34. The van der Waals surface area contributed by atoms with Crippen molar-refractivity contribution in [3.05, 3.63) is 71.0 Å². The number of carboxylic acid groups (broad SMARTS) is 1. The van der Waals surface area contributed by atoms with Crippen LogP contribution in [0.1, 0.15) is 35.4 Å². The molecule has 0 aromatic heterocycles. The molecule has 1 fully saturated rings. The monoisotopic (exact) mass is 369 g/mol. The zero-order valence-electron chi connectivity index (χ0n) is 14.7. The third-order valence-corrected chi connectivity index (χ3v) is 5.62. The first kappa shape index (κ1) is 17.5. The van der Waals surface area contributed by atoms with Crippen LogP contribution in [0.25, 0.3) is 0 Å². The highest BCUT2D eigenvalue weighted by atomic mass is 19.1. The first-order chi connectivity index (χ1) is 13.0. The lowest BCUT2D eigenvalue weighted by Crippen LogP contribution is -2.46. The van der Waals surface area contributed by atoms with E-state index in [1.807, 2.05) is 30.3 Å². The Balaban J connectivity index is 1.52. The predicted octanol–water partition coefficient (Wildman–Crippen LogP) is 3.63. The summed E-state index contributed by atoms with van der Waals surface area (Å²) in [5.41, 5.74) is 2.26. The van der Waals surface area contributed by atoms with Crippen LogP contribution in [0.4, 0.5) is 9.18 Å². The van der Waals surface area contributed by atoms with Crippen molar-refractivity contribution in [2.45, 2.75) is 37.8 Å². The molecule has 1 spiro atoms. The van der Waals surface area contributed by atoms with Crippen molar-refractivity contribution in [3.8, 4) is 0 Å². The topological polar surface area (TPSA) is 75.6 Å². The molecule has 0 unspecified atom stereocenters. The highest BCUT2D eigenvalue weighted by molar-refractivity contribution is 5.82. The third kappa shape index (κ3) is 3.39. The van der Waals surface area contributed by atoms with E-state index >= 15 is 0 Å². The lowest BCUT2D eigenvalue weighted by Gasteiger charge is -2.27. The molecule has 6 heteroatoms. The minimum absolute atomic E-state index is 0.0556. The van der Waals surface area contributed by atoms with Gasteiger partial charge >= 0.3 is 12.1 Å². The summed E-state index contributed by atoms with van der Waals surface area (Å²) in [6, 6.07) is 12.5. The van der Waals surface area contributed by atoms with Gasteiger partial charge in [-0.2, -0.15) is 0 Å². The summed E-state index contributed by atoms with van der Waals surface area (Å²) in [5, 5.41) is 12.3. The fourth-order valence-electron chi connectivity index (χ4n) is 4.20. The van der Waals surface area contributed by atoms with Crippen LogP contribution in [0.3, 0.4) is 0 Å². The van der Waals surface area contributed by atoms with Gasteiger partial charge in [0.2, 0.25) is 0 Å². The van der Waals surface area contributed by atoms with E-state index in [0.29, 0.717) is 5.56 Å². The number of nitrogens with one attached hydrogen (secondary N) is 1. The Labute approximate surface area is 156 Å². The molecule has 1 amide bonds. The Morgan fingerprint density at radius 3 is 2.63 bits per heavy atom. The fraction of sp³-hybridized carbons (Fsp3) is 0.333. The van der Waals surface area contributed by atoms with Crippen LogP contribution in [-0.4, -0.2) is 23.2 Å². The van der Waals surface area contributed by atoms with Gasteiger partial charge in [-0.1, -0.05) is 36.4 Å². The lowest BCUT2D eigenvalue weighted by atomic mass is 9.83. The maximum absolute atomic E-state index is 13.8. The van der Waals surface area contributed by atoms with Gasteiger partial charge < -0.3 is 15.2 Å². The van der Waals surface area contributed by atoms with E-state index in [1.165, 1.54) is 12.1 Å². The average Bonchev–Trinajstić information content (AvgIpc) is 3.35. The highest BCUT2D eigenvalue weighted by Gasteiger charge is 2.58. The second kappa shape index (κ2) is 6.68. The van der Waals surface area contributed by atoms with Gasteiger partial charge in [0.25, 0.3) is 0 Å². The van der Waals surface area contributed by atoms with E-state index in [2.05, 4.69) is 5.32 Å². The summed E-state index contributed by atoms with van der Waals surface area (Å²) in [7, 11) is 0. The zero-order valence-corrected chi connectivity index (χ0v) is 14.7. The predicted molar refractivity (Wildman–Crippen MR) is 95.7 cm³/mol. The number of fused-ring (bicyclic) bond motifs is 1. The number of carbonyl (C=O) groups is 2. The molecule has 0 heterocycles. The summed E-state index contributed by atoms with van der Waals surface area (Å²) < 4.78 is 19.0. The molecule has 2 N–H and O–H groups in total. The van der Waals surface area contributed by atoms with Crippen molar-refractivity contribution in [2.75, 3.05) is 0 Å². The van der Waals surface area contributed by atoms with Crippen LogP contribution in [0.2, 0.25) is 0 Å². The van der Waals surface area contributed by atoms with Gasteiger partial charge in [-0.3, -0.25) is 0 Å². The third-order valence-electron chi connectivity index (χ3n) is 5.62. The molecule has 0 saturated heterocycles. The van der Waals surface area contributed by atoms with Gasteiger partial charge in [-0.05, 0) is 53.5 Å². The molecule has 0 bridgehead atoms. The Morgan fingerprint density at radius 2 is 1.96 bits per heavy atom. The molecule has 2 aromatic carbocycles. The molecule has 27 heavy (non-hydrogen) atoms. The van der Waals surface area contributed by atoms with E-state index in [9.17, 15) is 19.1 Å². The number of hydrogen-bond donors (Lipinski definition) is 2. The van der Waals surface area contributed by atoms with Gasteiger partial charge in [-0.25, -0.2) is 14.0 Å². The number of carbonyl (C=O) groups excluding carboxylic acids is 1. The molecule has 0 aliphatic heterocycles. The number of hydrogen-bond acceptors (Lipinski definition) is 3. The van der Waals surface area contributed by atoms with Crippen molar-refractivity contribution in [1.82, 2.24) is 5.32 Å². The van der Waals surface area contributed by atoms with Crippen molar-refractivity contribution in [2.24, 2.45) is 5.41 Å². The second-order valence-corrected chi connectivity index (χ2v) is 7.38. The van der Waals surface area contributed by atoms with Gasteiger partial charge in [0.1, 0.15) is 18.5 Å². The SMILES string of the molecule is O=C(N[C@H](C(=O)O)[C@@H]1c2cc(F)ccc2CC12CC2)OCc1ccccc1. The van der Waals surface area contributed by atoms with E-state index in [0.717, 1.165) is 30.4 Å². The van der Waals surface area contributed by atoms with E-state index < -0.39 is 29.8 Å². The normalized spacial score (nSPS) is 20.0. The van der Waals surface area contributed by atoms with Crippen molar-refractivity contribution < 1.29 is 23.8 Å². The molecule has 4 rings (SSSR count). The van der Waals surface area contributed by atoms with Gasteiger partial charge in [0.15, 0.2) is 0 Å². The van der Waals surface area contributed by atoms with Crippen molar-refractivity contribution in [1.29, 1.82) is 0 Å². The minimum Gasteiger partial charge on any atom is -0.480 e. The van der Waals surface area contributed by atoms with E-state index in [4.69, 9.17) is 4.74 Å². The molecular formula is C21H20FNO4. The summed E-state index contributed by atoms with van der Waals surface area (Å²) >= 11 is 0. The summed E-state index contributed by atoms with van der Waals surface area (Å²) in [6.45, 7) is 0.0556. The molecule has 1 saturated carbocycles. The maximum atomic E-state index is 13.8. The Hall–Kier alpha value is -2.89. The first-order valence-corrected chi connectivity index (χ1v) is 8.97. The standard InChI is InChI=1S/C21H20FNO4/c22-15-7-6-14-11-21(8-9-21)17(16(14)10-15)18(19(24)25)23-20(26)27-12-13-4-2-1-3-5-13/h1-7,10,17-18H,8-9,11-12H2,(H,23,26)(H,24,25)/t17-,18-/m0/s1. The lowest BCUT2D eigenvalue weighted by molar-refractivity contribution is -0.140. The summed E-state index contributed by atoms with van der Waals surface area (Å²) in [6.07, 6.45) is 1.68. The quantitative estimate of drug-likeness (QED) is 0.844. The molecule has 2 aliphatic carbocycles. The second-order valence-electron chi connectivity index (χ2n) is 7.38. The minimum atomic E-state index is -1.15. The molecule has 5 nitrogen and oxygen atoms in total. The molecule has 2 atom stereocenters. The molecule has 2 aromatic rings. The Bertz CT molecular complexity index is 879.